The first-order valence-electron chi connectivity index (χ1n) is 7.93. The second-order valence-electron chi connectivity index (χ2n) is 5.86. The maximum Gasteiger partial charge on any atom is 0.389 e. The average molecular weight is 347 g/mol. The van der Waals surface area contributed by atoms with Crippen molar-refractivity contribution in [3.63, 3.8) is 0 Å². The Hall–Kier alpha value is -2.63. The fourth-order valence-electron chi connectivity index (χ4n) is 2.73. The zero-order valence-electron chi connectivity index (χ0n) is 13.3. The number of carbonyl (C=O) groups excluding carboxylic acids is 1. The fourth-order valence-corrected chi connectivity index (χ4v) is 2.73. The van der Waals surface area contributed by atoms with Crippen molar-refractivity contribution in [3.05, 3.63) is 66.1 Å². The molecule has 0 unspecified atom stereocenters. The normalized spacial score (nSPS) is 13.1. The average Bonchev–Trinajstić information content (AvgIpc) is 3.02. The monoisotopic (exact) mass is 347 g/mol. The van der Waals surface area contributed by atoms with Crippen molar-refractivity contribution >= 4 is 16.9 Å². The van der Waals surface area contributed by atoms with Gasteiger partial charge in [0.25, 0.3) is 0 Å². The zero-order valence-corrected chi connectivity index (χ0v) is 13.3. The number of Topliss-reactive ketones (excluding diaryl/α,β-unsaturated/α-hetero) is 1. The topological polar surface area (TPSA) is 43.1 Å². The van der Waals surface area contributed by atoms with Gasteiger partial charge in [-0.25, -0.2) is 4.98 Å². The number of carbonyl (C=O) groups is 1. The van der Waals surface area contributed by atoms with Crippen molar-refractivity contribution in [1.82, 2.24) is 4.98 Å². The highest BCUT2D eigenvalue weighted by atomic mass is 19.4. The standard InChI is InChI=1S/C19H16F3NO2/c20-19(21,22)12-14(10-11-16(24)13-6-2-1-3-7-13)18-23-15-8-4-5-9-17(15)25-18/h1-9,14H,10-12H2/t14-/m0/s1. The first-order chi connectivity index (χ1) is 11.9. The molecule has 130 valence electrons. The minimum absolute atomic E-state index is 0.00346. The Balaban J connectivity index is 1.78. The molecule has 0 aliphatic rings. The van der Waals surface area contributed by atoms with E-state index in [2.05, 4.69) is 4.98 Å². The maximum atomic E-state index is 12.9. The second kappa shape index (κ2) is 7.09. The van der Waals surface area contributed by atoms with E-state index in [1.165, 1.54) is 0 Å². The van der Waals surface area contributed by atoms with E-state index in [-0.39, 0.29) is 24.5 Å². The number of hydrogen-bond acceptors (Lipinski definition) is 3. The Morgan fingerprint density at radius 2 is 1.72 bits per heavy atom. The number of benzene rings is 2. The van der Waals surface area contributed by atoms with Crippen LogP contribution in [0, 0.1) is 0 Å². The molecular formula is C19H16F3NO2. The summed E-state index contributed by atoms with van der Waals surface area (Å²) < 4.78 is 44.3. The number of fused-ring (bicyclic) bond motifs is 1. The number of halogens is 3. The highest BCUT2D eigenvalue weighted by molar-refractivity contribution is 5.96. The molecule has 1 atom stereocenters. The van der Waals surface area contributed by atoms with Gasteiger partial charge in [0.15, 0.2) is 17.3 Å². The number of nitrogens with zero attached hydrogens (tertiary/aromatic N) is 1. The van der Waals surface area contributed by atoms with Gasteiger partial charge in [0, 0.05) is 17.9 Å². The van der Waals surface area contributed by atoms with Crippen molar-refractivity contribution in [3.8, 4) is 0 Å². The van der Waals surface area contributed by atoms with Gasteiger partial charge in [-0.2, -0.15) is 13.2 Å². The minimum atomic E-state index is -4.36. The molecule has 25 heavy (non-hydrogen) atoms. The number of hydrogen-bond donors (Lipinski definition) is 0. The van der Waals surface area contributed by atoms with Crippen molar-refractivity contribution in [2.75, 3.05) is 0 Å². The van der Waals surface area contributed by atoms with Crippen LogP contribution in [-0.4, -0.2) is 16.9 Å². The van der Waals surface area contributed by atoms with E-state index < -0.39 is 18.5 Å². The smallest absolute Gasteiger partial charge is 0.389 e. The Kier molecular flexibility index (Phi) is 4.88. The van der Waals surface area contributed by atoms with E-state index in [4.69, 9.17) is 4.42 Å². The lowest BCUT2D eigenvalue weighted by Crippen LogP contribution is -2.15. The predicted molar refractivity (Wildman–Crippen MR) is 87.4 cm³/mol. The van der Waals surface area contributed by atoms with Crippen LogP contribution in [0.15, 0.2) is 59.0 Å². The molecule has 3 rings (SSSR count). The van der Waals surface area contributed by atoms with E-state index in [9.17, 15) is 18.0 Å². The molecule has 0 N–H and O–H groups in total. The van der Waals surface area contributed by atoms with Gasteiger partial charge >= 0.3 is 6.18 Å². The lowest BCUT2D eigenvalue weighted by molar-refractivity contribution is -0.140. The third kappa shape index (κ3) is 4.47. The highest BCUT2D eigenvalue weighted by Crippen LogP contribution is 2.35. The number of rotatable bonds is 6. The van der Waals surface area contributed by atoms with E-state index >= 15 is 0 Å². The predicted octanol–water partition coefficient (Wildman–Crippen LogP) is 5.53. The van der Waals surface area contributed by atoms with E-state index in [0.717, 1.165) is 0 Å². The van der Waals surface area contributed by atoms with Crippen LogP contribution in [0.4, 0.5) is 13.2 Å². The van der Waals surface area contributed by atoms with Crippen LogP contribution < -0.4 is 0 Å². The third-order valence-corrected chi connectivity index (χ3v) is 3.95. The number of alkyl halides is 3. The number of oxazole rings is 1. The summed E-state index contributed by atoms with van der Waals surface area (Å²) in [6.45, 7) is 0. The summed E-state index contributed by atoms with van der Waals surface area (Å²) in [6.07, 6.45) is -5.40. The van der Waals surface area contributed by atoms with Gasteiger partial charge in [0.05, 0.1) is 6.42 Å². The maximum absolute atomic E-state index is 12.9. The second-order valence-corrected chi connectivity index (χ2v) is 5.86. The van der Waals surface area contributed by atoms with Crippen molar-refractivity contribution in [2.24, 2.45) is 0 Å². The summed E-state index contributed by atoms with van der Waals surface area (Å²) in [4.78, 5) is 16.4. The van der Waals surface area contributed by atoms with Crippen LogP contribution in [0.1, 0.15) is 41.4 Å². The van der Waals surface area contributed by atoms with Crippen LogP contribution in [-0.2, 0) is 0 Å². The van der Waals surface area contributed by atoms with Crippen LogP contribution in [0.25, 0.3) is 11.1 Å². The SMILES string of the molecule is O=C(CC[C@@H](CC(F)(F)F)c1nc2ccccc2o1)c1ccccc1. The molecule has 0 radical (unpaired) electrons. The molecule has 3 nitrogen and oxygen atoms in total. The molecule has 0 bridgehead atoms. The Morgan fingerprint density at radius 3 is 2.40 bits per heavy atom. The van der Waals surface area contributed by atoms with Crippen molar-refractivity contribution in [2.45, 2.75) is 31.4 Å². The molecule has 0 saturated carbocycles. The van der Waals surface area contributed by atoms with Gasteiger partial charge in [-0.3, -0.25) is 4.79 Å². The fraction of sp³-hybridized carbons (Fsp3) is 0.263. The summed E-state index contributed by atoms with van der Waals surface area (Å²) >= 11 is 0. The molecule has 6 heteroatoms. The zero-order chi connectivity index (χ0) is 17.9. The first kappa shape index (κ1) is 17.2. The molecule has 1 heterocycles. The summed E-state index contributed by atoms with van der Waals surface area (Å²) in [5.74, 6) is -1.15. The van der Waals surface area contributed by atoms with Crippen LogP contribution in [0.5, 0.6) is 0 Å². The van der Waals surface area contributed by atoms with Gasteiger partial charge < -0.3 is 4.42 Å². The Morgan fingerprint density at radius 1 is 1.04 bits per heavy atom. The molecule has 0 aliphatic heterocycles. The highest BCUT2D eigenvalue weighted by Gasteiger charge is 2.35. The van der Waals surface area contributed by atoms with Gasteiger partial charge in [0.2, 0.25) is 0 Å². The van der Waals surface area contributed by atoms with Crippen molar-refractivity contribution < 1.29 is 22.4 Å². The Bertz CT molecular complexity index is 823. The number of para-hydroxylation sites is 2. The molecule has 0 saturated heterocycles. The lowest BCUT2D eigenvalue weighted by Gasteiger charge is -2.15. The Labute approximate surface area is 142 Å². The molecule has 2 aromatic carbocycles. The summed E-state index contributed by atoms with van der Waals surface area (Å²) in [5.41, 5.74) is 1.45. The molecule has 0 amide bonds. The van der Waals surface area contributed by atoms with Gasteiger partial charge in [0.1, 0.15) is 5.52 Å². The van der Waals surface area contributed by atoms with Gasteiger partial charge in [-0.05, 0) is 18.6 Å². The molecule has 0 spiro atoms. The summed E-state index contributed by atoms with van der Waals surface area (Å²) in [5, 5.41) is 0. The molecule has 0 aliphatic carbocycles. The van der Waals surface area contributed by atoms with Crippen molar-refractivity contribution in [1.29, 1.82) is 0 Å². The first-order valence-corrected chi connectivity index (χ1v) is 7.93. The number of ketones is 1. The van der Waals surface area contributed by atoms with Gasteiger partial charge in [-0.1, -0.05) is 42.5 Å². The molecule has 3 aromatic rings. The van der Waals surface area contributed by atoms with E-state index in [0.29, 0.717) is 16.7 Å². The molecule has 0 fully saturated rings. The molecule has 1 aromatic heterocycles. The summed E-state index contributed by atoms with van der Waals surface area (Å²) in [7, 11) is 0. The van der Waals surface area contributed by atoms with E-state index in [1.54, 1.807) is 54.6 Å². The number of aromatic nitrogens is 1. The quantitative estimate of drug-likeness (QED) is 0.551. The lowest BCUT2D eigenvalue weighted by atomic mass is 9.95. The van der Waals surface area contributed by atoms with Crippen LogP contribution >= 0.6 is 0 Å². The largest absolute Gasteiger partial charge is 0.440 e. The van der Waals surface area contributed by atoms with E-state index in [1.807, 2.05) is 0 Å². The third-order valence-electron chi connectivity index (χ3n) is 3.95. The minimum Gasteiger partial charge on any atom is -0.440 e. The van der Waals surface area contributed by atoms with Crippen LogP contribution in [0.3, 0.4) is 0 Å². The van der Waals surface area contributed by atoms with Crippen LogP contribution in [0.2, 0.25) is 0 Å². The summed E-state index contributed by atoms with van der Waals surface area (Å²) in [6, 6.07) is 15.3. The van der Waals surface area contributed by atoms with Gasteiger partial charge in [-0.15, -0.1) is 0 Å². The molecular weight excluding hydrogens is 331 g/mol.